The number of hydrogen-bond donors (Lipinski definition) is 3. The minimum absolute atomic E-state index is 0.131. The Kier molecular flexibility index (Phi) is 4.49. The molecule has 0 radical (unpaired) electrons. The van der Waals surface area contributed by atoms with Crippen molar-refractivity contribution in [2.24, 2.45) is 5.73 Å². The van der Waals surface area contributed by atoms with Gasteiger partial charge in [0.15, 0.2) is 0 Å². The first-order chi connectivity index (χ1) is 10.0. The molecule has 1 aromatic rings. The molecule has 1 fully saturated rings. The Labute approximate surface area is 120 Å². The molecule has 0 spiro atoms. The minimum Gasteiger partial charge on any atom is -0.480 e. The molecule has 2 heterocycles. The number of likely N-dealkylation sites (tertiary alicyclic amines) is 1. The Morgan fingerprint density at radius 2 is 2.19 bits per heavy atom. The minimum atomic E-state index is -1.11. The summed E-state index contributed by atoms with van der Waals surface area (Å²) in [6.45, 7) is -0.129. The number of carboxylic acid groups (broad SMARTS) is 1. The smallest absolute Gasteiger partial charge is 0.326 e. The van der Waals surface area contributed by atoms with E-state index < -0.39 is 29.9 Å². The monoisotopic (exact) mass is 292 g/mol. The second-order valence-corrected chi connectivity index (χ2v) is 4.73. The van der Waals surface area contributed by atoms with E-state index >= 15 is 0 Å². The van der Waals surface area contributed by atoms with Gasteiger partial charge in [0.05, 0.1) is 6.54 Å². The number of aliphatic carboxylic acids is 1. The number of carbonyl (C=O) groups excluding carboxylic acids is 2. The van der Waals surface area contributed by atoms with Crippen LogP contribution in [0.1, 0.15) is 16.9 Å². The summed E-state index contributed by atoms with van der Waals surface area (Å²) < 4.78 is 0. The van der Waals surface area contributed by atoms with Gasteiger partial charge in [-0.15, -0.1) is 0 Å². The van der Waals surface area contributed by atoms with Crippen LogP contribution in [0.5, 0.6) is 0 Å². The van der Waals surface area contributed by atoms with E-state index in [9.17, 15) is 14.4 Å². The summed E-state index contributed by atoms with van der Waals surface area (Å²) in [6, 6.07) is 3.53. The molecule has 0 aromatic carbocycles. The number of hydrogen-bond acceptors (Lipinski definition) is 5. The van der Waals surface area contributed by atoms with Gasteiger partial charge < -0.3 is 21.1 Å². The SMILES string of the molecule is NCC(=O)N1C[C@H](NC(=O)c2ccccn2)C[C@H]1C(=O)O. The third kappa shape index (κ3) is 3.34. The van der Waals surface area contributed by atoms with Crippen LogP contribution in [-0.2, 0) is 9.59 Å². The van der Waals surface area contributed by atoms with E-state index in [2.05, 4.69) is 10.3 Å². The largest absolute Gasteiger partial charge is 0.480 e. The molecule has 1 aromatic heterocycles. The van der Waals surface area contributed by atoms with Gasteiger partial charge in [-0.25, -0.2) is 4.79 Å². The number of carboxylic acids is 1. The standard InChI is InChI=1S/C13H16N4O4/c14-6-11(18)17-7-8(5-10(17)13(20)21)16-12(19)9-3-1-2-4-15-9/h1-4,8,10H,5-7,14H2,(H,16,19)(H,20,21)/t8-,10+/m1/s1. The number of amides is 2. The zero-order chi connectivity index (χ0) is 15.4. The maximum absolute atomic E-state index is 12.0. The maximum Gasteiger partial charge on any atom is 0.326 e. The topological polar surface area (TPSA) is 126 Å². The van der Waals surface area contributed by atoms with Crippen LogP contribution in [0.4, 0.5) is 0 Å². The maximum atomic E-state index is 12.0. The first-order valence-electron chi connectivity index (χ1n) is 6.47. The number of nitrogens with two attached hydrogens (primary N) is 1. The van der Waals surface area contributed by atoms with Crippen LogP contribution >= 0.6 is 0 Å². The second kappa shape index (κ2) is 6.31. The highest BCUT2D eigenvalue weighted by Crippen LogP contribution is 2.18. The number of pyridine rings is 1. The lowest BCUT2D eigenvalue weighted by Gasteiger charge is -2.20. The molecule has 4 N–H and O–H groups in total. The van der Waals surface area contributed by atoms with Gasteiger partial charge in [-0.1, -0.05) is 6.07 Å². The van der Waals surface area contributed by atoms with Crippen LogP contribution in [0, 0.1) is 0 Å². The molecule has 1 aliphatic rings. The summed E-state index contributed by atoms with van der Waals surface area (Å²) in [5, 5.41) is 11.8. The van der Waals surface area contributed by atoms with E-state index in [1.807, 2.05) is 0 Å². The van der Waals surface area contributed by atoms with Crippen molar-refractivity contribution in [3.63, 3.8) is 0 Å². The van der Waals surface area contributed by atoms with Gasteiger partial charge in [0.1, 0.15) is 11.7 Å². The Hall–Kier alpha value is -2.48. The van der Waals surface area contributed by atoms with Crippen molar-refractivity contribution in [3.05, 3.63) is 30.1 Å². The summed E-state index contributed by atoms with van der Waals surface area (Å²) in [5.41, 5.74) is 5.51. The molecule has 21 heavy (non-hydrogen) atoms. The molecule has 2 atom stereocenters. The predicted octanol–water partition coefficient (Wildman–Crippen LogP) is -1.18. The van der Waals surface area contributed by atoms with E-state index in [-0.39, 0.29) is 25.2 Å². The van der Waals surface area contributed by atoms with Crippen LogP contribution in [0.3, 0.4) is 0 Å². The van der Waals surface area contributed by atoms with E-state index in [0.29, 0.717) is 0 Å². The van der Waals surface area contributed by atoms with Crippen molar-refractivity contribution in [1.29, 1.82) is 0 Å². The average Bonchev–Trinajstić information content (AvgIpc) is 2.91. The highest BCUT2D eigenvalue weighted by atomic mass is 16.4. The summed E-state index contributed by atoms with van der Waals surface area (Å²) in [7, 11) is 0. The van der Waals surface area contributed by atoms with Crippen molar-refractivity contribution >= 4 is 17.8 Å². The Bertz CT molecular complexity index is 548. The molecule has 1 aliphatic heterocycles. The molecule has 8 nitrogen and oxygen atoms in total. The fraction of sp³-hybridized carbons (Fsp3) is 0.385. The lowest BCUT2D eigenvalue weighted by molar-refractivity contribution is -0.147. The van der Waals surface area contributed by atoms with Crippen molar-refractivity contribution in [3.8, 4) is 0 Å². The van der Waals surface area contributed by atoms with Crippen LogP contribution in [-0.4, -0.2) is 57.9 Å². The first kappa shape index (κ1) is 14.9. The summed E-state index contributed by atoms with van der Waals surface area (Å²) >= 11 is 0. The molecule has 0 aliphatic carbocycles. The normalized spacial score (nSPS) is 21.1. The summed E-state index contributed by atoms with van der Waals surface area (Å²) in [4.78, 5) is 39.9. The van der Waals surface area contributed by atoms with Gasteiger partial charge >= 0.3 is 5.97 Å². The highest BCUT2D eigenvalue weighted by molar-refractivity contribution is 5.92. The number of rotatable bonds is 4. The van der Waals surface area contributed by atoms with Crippen molar-refractivity contribution in [2.75, 3.05) is 13.1 Å². The van der Waals surface area contributed by atoms with Crippen LogP contribution < -0.4 is 11.1 Å². The molecule has 1 saturated heterocycles. The number of aromatic nitrogens is 1. The fourth-order valence-corrected chi connectivity index (χ4v) is 2.32. The number of nitrogens with one attached hydrogen (secondary N) is 1. The molecule has 0 unspecified atom stereocenters. The van der Waals surface area contributed by atoms with Gasteiger partial charge in [-0.3, -0.25) is 14.6 Å². The number of carbonyl (C=O) groups is 3. The van der Waals surface area contributed by atoms with E-state index in [1.54, 1.807) is 18.2 Å². The third-order valence-corrected chi connectivity index (χ3v) is 3.31. The van der Waals surface area contributed by atoms with Crippen molar-refractivity contribution in [1.82, 2.24) is 15.2 Å². The summed E-state index contributed by atoms with van der Waals surface area (Å²) in [6.07, 6.45) is 1.65. The lowest BCUT2D eigenvalue weighted by atomic mass is 10.1. The highest BCUT2D eigenvalue weighted by Gasteiger charge is 2.39. The predicted molar refractivity (Wildman–Crippen MR) is 72.3 cm³/mol. The quantitative estimate of drug-likeness (QED) is 0.641. The molecule has 8 heteroatoms. The van der Waals surface area contributed by atoms with Gasteiger partial charge in [-0.2, -0.15) is 0 Å². The second-order valence-electron chi connectivity index (χ2n) is 4.73. The zero-order valence-electron chi connectivity index (χ0n) is 11.2. The summed E-state index contributed by atoms with van der Waals surface area (Å²) in [5.74, 6) is -1.95. The van der Waals surface area contributed by atoms with E-state index in [0.717, 1.165) is 0 Å². The van der Waals surface area contributed by atoms with Crippen LogP contribution in [0.25, 0.3) is 0 Å². The molecular weight excluding hydrogens is 276 g/mol. The molecule has 112 valence electrons. The molecule has 0 bridgehead atoms. The van der Waals surface area contributed by atoms with Gasteiger partial charge in [0.2, 0.25) is 5.91 Å². The lowest BCUT2D eigenvalue weighted by Crippen LogP contribution is -2.44. The van der Waals surface area contributed by atoms with Gasteiger partial charge in [0, 0.05) is 25.2 Å². The Morgan fingerprint density at radius 1 is 1.43 bits per heavy atom. The molecule has 0 saturated carbocycles. The number of nitrogens with zero attached hydrogens (tertiary/aromatic N) is 2. The molecular formula is C13H16N4O4. The Balaban J connectivity index is 2.04. The van der Waals surface area contributed by atoms with E-state index in [1.165, 1.54) is 11.1 Å². The zero-order valence-corrected chi connectivity index (χ0v) is 11.2. The molecule has 2 rings (SSSR count). The van der Waals surface area contributed by atoms with Crippen LogP contribution in [0.2, 0.25) is 0 Å². The fourth-order valence-electron chi connectivity index (χ4n) is 2.32. The van der Waals surface area contributed by atoms with Gasteiger partial charge in [0.25, 0.3) is 5.91 Å². The van der Waals surface area contributed by atoms with Crippen molar-refractivity contribution < 1.29 is 19.5 Å². The van der Waals surface area contributed by atoms with E-state index in [4.69, 9.17) is 10.8 Å². The Morgan fingerprint density at radius 3 is 2.76 bits per heavy atom. The first-order valence-corrected chi connectivity index (χ1v) is 6.47. The van der Waals surface area contributed by atoms with Gasteiger partial charge in [-0.05, 0) is 12.1 Å². The average molecular weight is 292 g/mol. The molecule has 2 amide bonds. The van der Waals surface area contributed by atoms with Crippen molar-refractivity contribution in [2.45, 2.75) is 18.5 Å². The van der Waals surface area contributed by atoms with Crippen LogP contribution in [0.15, 0.2) is 24.4 Å². The third-order valence-electron chi connectivity index (χ3n) is 3.31.